The van der Waals surface area contributed by atoms with Gasteiger partial charge in [0, 0.05) is 0 Å². The van der Waals surface area contributed by atoms with Crippen molar-refractivity contribution in [3.63, 3.8) is 0 Å². The van der Waals surface area contributed by atoms with Gasteiger partial charge in [-0.3, -0.25) is 14.4 Å². The summed E-state index contributed by atoms with van der Waals surface area (Å²) in [4.78, 5) is 35.6. The third kappa shape index (κ3) is 8.85. The van der Waals surface area contributed by atoms with Gasteiger partial charge in [0.25, 0.3) is 6.10 Å². The van der Waals surface area contributed by atoms with Gasteiger partial charge >= 0.3 is 30.3 Å². The number of esters is 3. The molecule has 0 aliphatic heterocycles. The molecule has 0 aliphatic rings. The Morgan fingerprint density at radius 3 is 1.62 bits per heavy atom. The second-order valence-corrected chi connectivity index (χ2v) is 9.47. The zero-order valence-corrected chi connectivity index (χ0v) is 19.1. The highest BCUT2D eigenvalue weighted by Crippen LogP contribution is 2.48. The summed E-state index contributed by atoms with van der Waals surface area (Å²) in [5.41, 5.74) is -1.80. The summed E-state index contributed by atoms with van der Waals surface area (Å²) in [6.07, 6.45) is -16.5. The van der Waals surface area contributed by atoms with Crippen molar-refractivity contribution in [3.05, 3.63) is 0 Å². The van der Waals surface area contributed by atoms with E-state index >= 15 is 0 Å². The van der Waals surface area contributed by atoms with Crippen molar-refractivity contribution in [1.29, 1.82) is 0 Å². The summed E-state index contributed by atoms with van der Waals surface area (Å²) in [7, 11) is 0. The molecule has 0 aromatic rings. The van der Waals surface area contributed by atoms with E-state index in [2.05, 4.69) is 9.47 Å². The Morgan fingerprint density at radius 1 is 0.781 bits per heavy atom. The number of alkyl halides is 6. The fourth-order valence-electron chi connectivity index (χ4n) is 2.69. The molecule has 0 spiro atoms. The minimum absolute atomic E-state index is 0.227. The van der Waals surface area contributed by atoms with Crippen LogP contribution in [-0.2, 0) is 28.6 Å². The number of carbonyl (C=O) groups excluding carboxylic acids is 3. The van der Waals surface area contributed by atoms with Crippen molar-refractivity contribution in [2.75, 3.05) is 6.79 Å². The van der Waals surface area contributed by atoms with Crippen molar-refractivity contribution >= 4 is 17.9 Å². The van der Waals surface area contributed by atoms with E-state index in [1.807, 2.05) is 41.5 Å². The van der Waals surface area contributed by atoms with Gasteiger partial charge in [0.1, 0.15) is 6.42 Å². The number of hydrogen-bond donors (Lipinski definition) is 0. The predicted molar refractivity (Wildman–Crippen MR) is 99.9 cm³/mol. The maximum absolute atomic E-state index is 12.7. The van der Waals surface area contributed by atoms with Crippen molar-refractivity contribution in [2.45, 2.75) is 86.2 Å². The van der Waals surface area contributed by atoms with Crippen LogP contribution < -0.4 is 0 Å². The maximum Gasteiger partial charge on any atom is 0.434 e. The molecule has 0 saturated carbocycles. The standard InChI is InChI=1S/C20H30F6O6/c1-8-17(5,6)10-18(7,16(2,3)4)15(29)31-11-30-12(27)9-13(28)32-14(19(21,22)23)20(24,25)26/h14H,8-11H2,1-7H3. The quantitative estimate of drug-likeness (QED) is 0.192. The molecule has 6 nitrogen and oxygen atoms in total. The summed E-state index contributed by atoms with van der Waals surface area (Å²) in [6.45, 7) is 12.1. The van der Waals surface area contributed by atoms with Gasteiger partial charge in [-0.2, -0.15) is 26.3 Å². The molecule has 1 atom stereocenters. The lowest BCUT2D eigenvalue weighted by Gasteiger charge is -2.44. The smallest absolute Gasteiger partial charge is 0.434 e. The van der Waals surface area contributed by atoms with Gasteiger partial charge in [0.2, 0.25) is 6.79 Å². The molecule has 0 aromatic carbocycles. The highest BCUT2D eigenvalue weighted by molar-refractivity contribution is 5.91. The van der Waals surface area contributed by atoms with Crippen LogP contribution in [-0.4, -0.2) is 43.2 Å². The monoisotopic (exact) mass is 480 g/mol. The Morgan fingerprint density at radius 2 is 1.25 bits per heavy atom. The Labute approximate surface area is 182 Å². The minimum Gasteiger partial charge on any atom is -0.442 e. The number of carbonyl (C=O) groups is 3. The van der Waals surface area contributed by atoms with Crippen LogP contribution in [0, 0.1) is 16.2 Å². The fourth-order valence-corrected chi connectivity index (χ4v) is 2.69. The van der Waals surface area contributed by atoms with E-state index in [0.29, 0.717) is 6.42 Å². The van der Waals surface area contributed by atoms with Crippen LogP contribution in [0.4, 0.5) is 26.3 Å². The van der Waals surface area contributed by atoms with Crippen molar-refractivity contribution in [1.82, 2.24) is 0 Å². The molecule has 0 aliphatic carbocycles. The van der Waals surface area contributed by atoms with Gasteiger partial charge in [0.15, 0.2) is 0 Å². The van der Waals surface area contributed by atoms with Crippen LogP contribution in [0.1, 0.15) is 67.7 Å². The molecule has 32 heavy (non-hydrogen) atoms. The van der Waals surface area contributed by atoms with E-state index in [1.54, 1.807) is 6.92 Å². The highest BCUT2D eigenvalue weighted by Gasteiger charge is 2.60. The SMILES string of the molecule is CCC(C)(C)CC(C)(C(=O)OCOC(=O)CC(=O)OC(C(F)(F)F)C(F)(F)F)C(C)(C)C. The molecule has 0 radical (unpaired) electrons. The summed E-state index contributed by atoms with van der Waals surface area (Å²) in [5.74, 6) is -4.32. The Hall–Kier alpha value is -2.01. The number of ether oxygens (including phenoxy) is 3. The lowest BCUT2D eigenvalue weighted by molar-refractivity contribution is -0.313. The molecule has 0 fully saturated rings. The Bertz CT molecular complexity index is 664. The molecule has 0 aromatic heterocycles. The van der Waals surface area contributed by atoms with Gasteiger partial charge in [-0.1, -0.05) is 48.0 Å². The van der Waals surface area contributed by atoms with E-state index in [9.17, 15) is 40.7 Å². The first-order valence-electron chi connectivity index (χ1n) is 9.72. The lowest BCUT2D eigenvalue weighted by Crippen LogP contribution is -2.46. The Kier molecular flexibility index (Phi) is 9.64. The third-order valence-electron chi connectivity index (χ3n) is 5.44. The van der Waals surface area contributed by atoms with Crippen LogP contribution in [0.3, 0.4) is 0 Å². The molecule has 0 bridgehead atoms. The van der Waals surface area contributed by atoms with Crippen LogP contribution in [0.25, 0.3) is 0 Å². The number of rotatable bonds is 9. The molecular weight excluding hydrogens is 450 g/mol. The number of hydrogen-bond acceptors (Lipinski definition) is 6. The molecule has 0 N–H and O–H groups in total. The van der Waals surface area contributed by atoms with E-state index in [-0.39, 0.29) is 5.41 Å². The average molecular weight is 480 g/mol. The summed E-state index contributed by atoms with van der Waals surface area (Å²) in [6, 6.07) is 0. The summed E-state index contributed by atoms with van der Waals surface area (Å²) >= 11 is 0. The molecule has 188 valence electrons. The second kappa shape index (κ2) is 10.3. The average Bonchev–Trinajstić information content (AvgIpc) is 2.56. The first kappa shape index (κ1) is 30.0. The van der Waals surface area contributed by atoms with Gasteiger partial charge < -0.3 is 14.2 Å². The van der Waals surface area contributed by atoms with Crippen LogP contribution in [0.15, 0.2) is 0 Å². The van der Waals surface area contributed by atoms with Crippen LogP contribution in [0.5, 0.6) is 0 Å². The van der Waals surface area contributed by atoms with Crippen LogP contribution >= 0.6 is 0 Å². The molecule has 0 heterocycles. The third-order valence-corrected chi connectivity index (χ3v) is 5.44. The zero-order valence-electron chi connectivity index (χ0n) is 19.1. The van der Waals surface area contributed by atoms with Crippen LogP contribution in [0.2, 0.25) is 0 Å². The van der Waals surface area contributed by atoms with E-state index in [0.717, 1.165) is 6.42 Å². The molecular formula is C20H30F6O6. The highest BCUT2D eigenvalue weighted by atomic mass is 19.4. The second-order valence-electron chi connectivity index (χ2n) is 9.47. The van der Waals surface area contributed by atoms with E-state index in [4.69, 9.17) is 4.74 Å². The molecule has 1 unspecified atom stereocenters. The zero-order chi connectivity index (χ0) is 25.8. The van der Waals surface area contributed by atoms with Crippen molar-refractivity contribution in [2.24, 2.45) is 16.2 Å². The minimum atomic E-state index is -5.91. The van der Waals surface area contributed by atoms with Crippen molar-refractivity contribution < 1.29 is 54.9 Å². The van der Waals surface area contributed by atoms with Crippen molar-refractivity contribution in [3.8, 4) is 0 Å². The first-order valence-corrected chi connectivity index (χ1v) is 9.72. The molecule has 0 amide bonds. The summed E-state index contributed by atoms with van der Waals surface area (Å²) < 4.78 is 87.1. The van der Waals surface area contributed by atoms with E-state index < -0.39 is 60.4 Å². The molecule has 0 rings (SSSR count). The van der Waals surface area contributed by atoms with Gasteiger partial charge in [-0.15, -0.1) is 0 Å². The maximum atomic E-state index is 12.7. The van der Waals surface area contributed by atoms with Gasteiger partial charge in [-0.05, 0) is 24.2 Å². The normalized spacial score (nSPS) is 15.2. The number of halogens is 6. The van der Waals surface area contributed by atoms with Gasteiger partial charge in [-0.25, -0.2) is 0 Å². The van der Waals surface area contributed by atoms with E-state index in [1.165, 1.54) is 0 Å². The van der Waals surface area contributed by atoms with Gasteiger partial charge in [0.05, 0.1) is 5.41 Å². The fraction of sp³-hybridized carbons (Fsp3) is 0.850. The Balaban J connectivity index is 4.97. The summed E-state index contributed by atoms with van der Waals surface area (Å²) in [5, 5.41) is 0. The largest absolute Gasteiger partial charge is 0.442 e. The lowest BCUT2D eigenvalue weighted by atomic mass is 9.60. The predicted octanol–water partition coefficient (Wildman–Crippen LogP) is 5.34. The molecule has 0 saturated heterocycles. The topological polar surface area (TPSA) is 78.9 Å². The first-order chi connectivity index (χ1) is 14.1. The molecule has 12 heteroatoms.